The average molecular weight is 356 g/mol. The standard InChI is InChI=1S/C20H24N2O4/c1-13(2)18-9-8-17(10-14(18)3)26-12-20(24)22-15-4-6-16(7-5-15)25-11-19(21)23/h4-10,13H,11-12H2,1-3H3,(H2,21,23)(H,22,24). The first-order valence-corrected chi connectivity index (χ1v) is 8.39. The van der Waals surface area contributed by atoms with Crippen molar-refractivity contribution in [1.29, 1.82) is 0 Å². The Kier molecular flexibility index (Phi) is 6.60. The van der Waals surface area contributed by atoms with Crippen molar-refractivity contribution in [2.24, 2.45) is 5.73 Å². The third-order valence-corrected chi connectivity index (χ3v) is 3.75. The fraction of sp³-hybridized carbons (Fsp3) is 0.300. The zero-order valence-corrected chi connectivity index (χ0v) is 15.2. The van der Waals surface area contributed by atoms with Crippen LogP contribution in [0.4, 0.5) is 5.69 Å². The number of carbonyl (C=O) groups is 2. The van der Waals surface area contributed by atoms with Crippen LogP contribution in [0.15, 0.2) is 42.5 Å². The highest BCUT2D eigenvalue weighted by atomic mass is 16.5. The van der Waals surface area contributed by atoms with Gasteiger partial charge in [0.15, 0.2) is 13.2 Å². The molecule has 6 nitrogen and oxygen atoms in total. The summed E-state index contributed by atoms with van der Waals surface area (Å²) < 4.78 is 10.7. The predicted molar refractivity (Wildman–Crippen MR) is 101 cm³/mol. The molecule has 138 valence electrons. The molecule has 6 heteroatoms. The van der Waals surface area contributed by atoms with Crippen LogP contribution in [0.2, 0.25) is 0 Å². The summed E-state index contributed by atoms with van der Waals surface area (Å²) in [7, 11) is 0. The number of ether oxygens (including phenoxy) is 2. The minimum atomic E-state index is -0.545. The molecule has 0 aliphatic heterocycles. The third kappa shape index (κ3) is 5.81. The number of hydrogen-bond donors (Lipinski definition) is 2. The second-order valence-electron chi connectivity index (χ2n) is 6.29. The molecule has 2 amide bonds. The van der Waals surface area contributed by atoms with E-state index in [2.05, 4.69) is 19.2 Å². The van der Waals surface area contributed by atoms with Crippen LogP contribution in [0.25, 0.3) is 0 Å². The predicted octanol–water partition coefficient (Wildman–Crippen LogP) is 3.00. The van der Waals surface area contributed by atoms with E-state index in [1.165, 1.54) is 5.56 Å². The van der Waals surface area contributed by atoms with E-state index in [0.717, 1.165) is 5.56 Å². The largest absolute Gasteiger partial charge is 0.484 e. The summed E-state index contributed by atoms with van der Waals surface area (Å²) in [4.78, 5) is 22.7. The Morgan fingerprint density at radius 1 is 1.00 bits per heavy atom. The molecule has 3 N–H and O–H groups in total. The molecule has 0 spiro atoms. The number of carbonyl (C=O) groups excluding carboxylic acids is 2. The van der Waals surface area contributed by atoms with E-state index in [0.29, 0.717) is 23.1 Å². The fourth-order valence-electron chi connectivity index (χ4n) is 2.52. The van der Waals surface area contributed by atoms with Crippen molar-refractivity contribution in [3.05, 3.63) is 53.6 Å². The fourth-order valence-corrected chi connectivity index (χ4v) is 2.52. The summed E-state index contributed by atoms with van der Waals surface area (Å²) in [5, 5.41) is 2.74. The van der Waals surface area contributed by atoms with Crippen molar-refractivity contribution in [3.63, 3.8) is 0 Å². The lowest BCUT2D eigenvalue weighted by Gasteiger charge is -2.12. The number of primary amides is 1. The third-order valence-electron chi connectivity index (χ3n) is 3.75. The van der Waals surface area contributed by atoms with Crippen molar-refractivity contribution in [1.82, 2.24) is 0 Å². The second-order valence-corrected chi connectivity index (χ2v) is 6.29. The number of hydrogen-bond acceptors (Lipinski definition) is 4. The molecule has 2 rings (SSSR count). The van der Waals surface area contributed by atoms with E-state index in [9.17, 15) is 9.59 Å². The Bertz CT molecular complexity index is 770. The van der Waals surface area contributed by atoms with Crippen molar-refractivity contribution in [3.8, 4) is 11.5 Å². The number of amides is 2. The Morgan fingerprint density at radius 3 is 2.19 bits per heavy atom. The lowest BCUT2D eigenvalue weighted by molar-refractivity contribution is -0.120. The maximum Gasteiger partial charge on any atom is 0.262 e. The van der Waals surface area contributed by atoms with E-state index in [1.54, 1.807) is 24.3 Å². The highest BCUT2D eigenvalue weighted by molar-refractivity contribution is 5.91. The first-order valence-electron chi connectivity index (χ1n) is 8.39. The molecule has 0 aliphatic carbocycles. The average Bonchev–Trinajstić information content (AvgIpc) is 2.59. The minimum absolute atomic E-state index is 0.0829. The number of benzene rings is 2. The molecule has 0 bridgehead atoms. The molecule has 0 radical (unpaired) electrons. The van der Waals surface area contributed by atoms with Gasteiger partial charge in [-0.1, -0.05) is 19.9 Å². The van der Waals surface area contributed by atoms with Gasteiger partial charge >= 0.3 is 0 Å². The van der Waals surface area contributed by atoms with Crippen LogP contribution < -0.4 is 20.5 Å². The van der Waals surface area contributed by atoms with Crippen LogP contribution in [0.5, 0.6) is 11.5 Å². The molecule has 0 fully saturated rings. The van der Waals surface area contributed by atoms with Gasteiger partial charge in [-0.05, 0) is 60.4 Å². The molecule has 0 aliphatic rings. The zero-order valence-electron chi connectivity index (χ0n) is 15.2. The van der Waals surface area contributed by atoms with E-state index in [1.807, 2.05) is 25.1 Å². The first kappa shape index (κ1) is 19.3. The maximum absolute atomic E-state index is 12.0. The number of nitrogens with two attached hydrogens (primary N) is 1. The van der Waals surface area contributed by atoms with E-state index in [-0.39, 0.29) is 19.1 Å². The van der Waals surface area contributed by atoms with Gasteiger partial charge in [-0.15, -0.1) is 0 Å². The van der Waals surface area contributed by atoms with Crippen LogP contribution in [0.1, 0.15) is 30.9 Å². The van der Waals surface area contributed by atoms with Gasteiger partial charge < -0.3 is 20.5 Å². The van der Waals surface area contributed by atoms with Crippen molar-refractivity contribution >= 4 is 17.5 Å². The number of anilines is 1. The summed E-state index contributed by atoms with van der Waals surface area (Å²) in [5.41, 5.74) is 8.03. The summed E-state index contributed by atoms with van der Waals surface area (Å²) in [5.74, 6) is 0.802. The number of aryl methyl sites for hydroxylation is 1. The van der Waals surface area contributed by atoms with Crippen LogP contribution >= 0.6 is 0 Å². The Hall–Kier alpha value is -3.02. The van der Waals surface area contributed by atoms with E-state index < -0.39 is 5.91 Å². The summed E-state index contributed by atoms with van der Waals surface area (Å²) in [6, 6.07) is 12.5. The lowest BCUT2D eigenvalue weighted by atomic mass is 9.98. The van der Waals surface area contributed by atoms with Gasteiger partial charge in [0.05, 0.1) is 0 Å². The van der Waals surface area contributed by atoms with Crippen LogP contribution in [-0.4, -0.2) is 25.0 Å². The van der Waals surface area contributed by atoms with Gasteiger partial charge in [-0.2, -0.15) is 0 Å². The zero-order chi connectivity index (χ0) is 19.1. The number of nitrogens with one attached hydrogen (secondary N) is 1. The molecule has 0 atom stereocenters. The SMILES string of the molecule is Cc1cc(OCC(=O)Nc2ccc(OCC(N)=O)cc2)ccc1C(C)C. The topological polar surface area (TPSA) is 90.7 Å². The highest BCUT2D eigenvalue weighted by Gasteiger charge is 2.07. The summed E-state index contributed by atoms with van der Waals surface area (Å²) in [6.07, 6.45) is 0. The van der Waals surface area contributed by atoms with Gasteiger partial charge in [0.2, 0.25) is 0 Å². The summed E-state index contributed by atoms with van der Waals surface area (Å²) >= 11 is 0. The molecular weight excluding hydrogens is 332 g/mol. The van der Waals surface area contributed by atoms with Gasteiger partial charge in [0, 0.05) is 5.69 Å². The smallest absolute Gasteiger partial charge is 0.262 e. The Labute approximate surface area is 153 Å². The van der Waals surface area contributed by atoms with Crippen molar-refractivity contribution in [2.75, 3.05) is 18.5 Å². The minimum Gasteiger partial charge on any atom is -0.484 e. The quantitative estimate of drug-likeness (QED) is 0.761. The Balaban J connectivity index is 1.85. The number of rotatable bonds is 8. The highest BCUT2D eigenvalue weighted by Crippen LogP contribution is 2.23. The van der Waals surface area contributed by atoms with Gasteiger partial charge in [-0.25, -0.2) is 0 Å². The molecule has 0 saturated carbocycles. The van der Waals surface area contributed by atoms with Crippen molar-refractivity contribution < 1.29 is 19.1 Å². The van der Waals surface area contributed by atoms with Crippen LogP contribution in [-0.2, 0) is 9.59 Å². The molecule has 2 aromatic carbocycles. The molecule has 0 heterocycles. The van der Waals surface area contributed by atoms with E-state index in [4.69, 9.17) is 15.2 Å². The summed E-state index contributed by atoms with van der Waals surface area (Å²) in [6.45, 7) is 6.04. The maximum atomic E-state index is 12.0. The van der Waals surface area contributed by atoms with Crippen molar-refractivity contribution in [2.45, 2.75) is 26.7 Å². The van der Waals surface area contributed by atoms with Gasteiger partial charge in [-0.3, -0.25) is 9.59 Å². The molecule has 0 saturated heterocycles. The molecule has 2 aromatic rings. The molecule has 26 heavy (non-hydrogen) atoms. The van der Waals surface area contributed by atoms with Crippen LogP contribution in [0.3, 0.4) is 0 Å². The normalized spacial score (nSPS) is 10.5. The first-order chi connectivity index (χ1) is 12.3. The molecular formula is C20H24N2O4. The lowest BCUT2D eigenvalue weighted by Crippen LogP contribution is -2.20. The monoisotopic (exact) mass is 356 g/mol. The molecule has 0 unspecified atom stereocenters. The van der Waals surface area contributed by atoms with E-state index >= 15 is 0 Å². The molecule has 0 aromatic heterocycles. The van der Waals surface area contributed by atoms with Gasteiger partial charge in [0.1, 0.15) is 11.5 Å². The van der Waals surface area contributed by atoms with Gasteiger partial charge in [0.25, 0.3) is 11.8 Å². The second kappa shape index (κ2) is 8.89. The van der Waals surface area contributed by atoms with Crippen LogP contribution in [0, 0.1) is 6.92 Å². The Morgan fingerprint density at radius 2 is 1.62 bits per heavy atom.